The number of carboxylic acids is 1. The lowest BCUT2D eigenvalue weighted by atomic mass is 10.1. The lowest BCUT2D eigenvalue weighted by Gasteiger charge is -2.05. The summed E-state index contributed by atoms with van der Waals surface area (Å²) in [5.74, 6) is -1.56. The Kier molecular flexibility index (Phi) is 2.64. The molecule has 0 aliphatic heterocycles. The van der Waals surface area contributed by atoms with E-state index in [9.17, 15) is 15.0 Å². The molecule has 0 saturated heterocycles. The van der Waals surface area contributed by atoms with Crippen molar-refractivity contribution >= 4 is 16.9 Å². The highest BCUT2D eigenvalue weighted by Gasteiger charge is 2.15. The van der Waals surface area contributed by atoms with Gasteiger partial charge in [0.25, 0.3) is 0 Å². The minimum atomic E-state index is -1.08. The highest BCUT2D eigenvalue weighted by molar-refractivity contribution is 5.87. The van der Waals surface area contributed by atoms with E-state index in [0.717, 1.165) is 0 Å². The molecule has 0 bridgehead atoms. The van der Waals surface area contributed by atoms with Crippen molar-refractivity contribution in [1.29, 1.82) is 0 Å². The fourth-order valence-corrected chi connectivity index (χ4v) is 1.70. The highest BCUT2D eigenvalue weighted by Crippen LogP contribution is 2.31. The SMILES string of the molecule is N[C@@H](Cc1c[nH]c2cc(O)c(O)cc12)C(=O)O. The summed E-state index contributed by atoms with van der Waals surface area (Å²) in [5.41, 5.74) is 6.75. The molecule has 0 radical (unpaired) electrons. The Labute approximate surface area is 96.3 Å². The fourth-order valence-electron chi connectivity index (χ4n) is 1.70. The van der Waals surface area contributed by atoms with Crippen molar-refractivity contribution < 1.29 is 20.1 Å². The maximum atomic E-state index is 10.7. The third-order valence-electron chi connectivity index (χ3n) is 2.62. The van der Waals surface area contributed by atoms with Gasteiger partial charge in [0.15, 0.2) is 11.5 Å². The molecule has 6 nitrogen and oxygen atoms in total. The Morgan fingerprint density at radius 2 is 2.00 bits per heavy atom. The molecule has 1 heterocycles. The minimum absolute atomic E-state index is 0.152. The first kappa shape index (κ1) is 11.3. The van der Waals surface area contributed by atoms with Crippen LogP contribution >= 0.6 is 0 Å². The van der Waals surface area contributed by atoms with Gasteiger partial charge in [-0.05, 0) is 11.6 Å². The van der Waals surface area contributed by atoms with Gasteiger partial charge in [0.2, 0.25) is 0 Å². The number of benzene rings is 1. The van der Waals surface area contributed by atoms with E-state index in [4.69, 9.17) is 10.8 Å². The van der Waals surface area contributed by atoms with E-state index in [0.29, 0.717) is 16.5 Å². The van der Waals surface area contributed by atoms with Crippen LogP contribution in [0.25, 0.3) is 10.9 Å². The Morgan fingerprint density at radius 1 is 1.35 bits per heavy atom. The zero-order valence-corrected chi connectivity index (χ0v) is 8.84. The van der Waals surface area contributed by atoms with Crippen LogP contribution in [0.3, 0.4) is 0 Å². The van der Waals surface area contributed by atoms with Crippen molar-refractivity contribution in [3.05, 3.63) is 23.9 Å². The van der Waals surface area contributed by atoms with Gasteiger partial charge < -0.3 is 26.0 Å². The number of nitrogens with one attached hydrogen (secondary N) is 1. The van der Waals surface area contributed by atoms with E-state index in [2.05, 4.69) is 4.98 Å². The van der Waals surface area contributed by atoms with Crippen LogP contribution < -0.4 is 5.73 Å². The van der Waals surface area contributed by atoms with Crippen LogP contribution in [0.15, 0.2) is 18.3 Å². The normalized spacial score (nSPS) is 12.8. The molecule has 0 spiro atoms. The number of hydrogen-bond donors (Lipinski definition) is 5. The molecule has 0 amide bonds. The number of rotatable bonds is 3. The predicted molar refractivity (Wildman–Crippen MR) is 60.9 cm³/mol. The summed E-state index contributed by atoms with van der Waals surface area (Å²) in [6.07, 6.45) is 1.77. The maximum absolute atomic E-state index is 10.7. The molecule has 6 N–H and O–H groups in total. The first-order valence-corrected chi connectivity index (χ1v) is 4.99. The fraction of sp³-hybridized carbons (Fsp3) is 0.182. The summed E-state index contributed by atoms with van der Waals surface area (Å²) in [6, 6.07) is 1.76. The van der Waals surface area contributed by atoms with Gasteiger partial charge in [-0.15, -0.1) is 0 Å². The number of phenolic OH excluding ortho intramolecular Hbond substituents is 2. The number of carboxylic acid groups (broad SMARTS) is 1. The third-order valence-corrected chi connectivity index (χ3v) is 2.62. The van der Waals surface area contributed by atoms with Gasteiger partial charge in [0, 0.05) is 29.6 Å². The first-order chi connectivity index (χ1) is 7.99. The summed E-state index contributed by atoms with van der Waals surface area (Å²) < 4.78 is 0. The summed E-state index contributed by atoms with van der Waals surface area (Å²) in [6.45, 7) is 0. The molecule has 2 rings (SSSR count). The molecule has 1 aromatic carbocycles. The Morgan fingerprint density at radius 3 is 2.65 bits per heavy atom. The second-order valence-corrected chi connectivity index (χ2v) is 3.85. The van der Waals surface area contributed by atoms with Gasteiger partial charge in [0.05, 0.1) is 0 Å². The molecular formula is C11H12N2O4. The van der Waals surface area contributed by atoms with Crippen molar-refractivity contribution in [2.75, 3.05) is 0 Å². The molecule has 2 aromatic rings. The van der Waals surface area contributed by atoms with Crippen molar-refractivity contribution in [2.24, 2.45) is 5.73 Å². The van der Waals surface area contributed by atoms with Crippen LogP contribution in [0, 0.1) is 0 Å². The molecule has 1 aromatic heterocycles. The molecular weight excluding hydrogens is 224 g/mol. The van der Waals surface area contributed by atoms with Crippen LogP contribution in [0.4, 0.5) is 0 Å². The highest BCUT2D eigenvalue weighted by atomic mass is 16.4. The van der Waals surface area contributed by atoms with Crippen LogP contribution in [-0.2, 0) is 11.2 Å². The molecule has 0 aliphatic rings. The van der Waals surface area contributed by atoms with Crippen molar-refractivity contribution in [3.63, 3.8) is 0 Å². The number of carbonyl (C=O) groups is 1. The Hall–Kier alpha value is -2.21. The zero-order chi connectivity index (χ0) is 12.6. The first-order valence-electron chi connectivity index (χ1n) is 4.99. The summed E-state index contributed by atoms with van der Waals surface area (Å²) in [4.78, 5) is 13.5. The molecule has 1 atom stereocenters. The number of nitrogens with two attached hydrogens (primary N) is 1. The van der Waals surface area contributed by atoms with Crippen LogP contribution in [-0.4, -0.2) is 32.3 Å². The van der Waals surface area contributed by atoms with Crippen LogP contribution in [0.1, 0.15) is 5.56 Å². The average Bonchev–Trinajstić information content (AvgIpc) is 2.62. The van der Waals surface area contributed by atoms with E-state index in [1.54, 1.807) is 6.20 Å². The lowest BCUT2D eigenvalue weighted by molar-refractivity contribution is -0.138. The second-order valence-electron chi connectivity index (χ2n) is 3.85. The number of aromatic hydroxyl groups is 2. The van der Waals surface area contributed by atoms with Crippen molar-refractivity contribution in [1.82, 2.24) is 4.98 Å². The standard InChI is InChI=1S/C11H12N2O4/c12-7(11(16)17)1-5-4-13-8-3-10(15)9(14)2-6(5)8/h2-4,7,13-15H,1,12H2,(H,16,17)/t7-/m0/s1. The minimum Gasteiger partial charge on any atom is -0.504 e. The topological polar surface area (TPSA) is 120 Å². The lowest BCUT2D eigenvalue weighted by Crippen LogP contribution is -2.32. The number of fused-ring (bicyclic) bond motifs is 1. The Bertz CT molecular complexity index is 576. The van der Waals surface area contributed by atoms with Gasteiger partial charge in [-0.3, -0.25) is 4.79 Å². The quantitative estimate of drug-likeness (QED) is 0.498. The summed E-state index contributed by atoms with van der Waals surface area (Å²) in [7, 11) is 0. The second kappa shape index (κ2) is 3.99. The van der Waals surface area contributed by atoms with Gasteiger partial charge in [-0.25, -0.2) is 0 Å². The summed E-state index contributed by atoms with van der Waals surface area (Å²) in [5, 5.41) is 28.1. The zero-order valence-electron chi connectivity index (χ0n) is 8.84. The van der Waals surface area contributed by atoms with E-state index >= 15 is 0 Å². The molecule has 0 unspecified atom stereocenters. The molecule has 0 aliphatic carbocycles. The molecule has 0 saturated carbocycles. The van der Waals surface area contributed by atoms with Crippen molar-refractivity contribution in [3.8, 4) is 11.5 Å². The third kappa shape index (κ3) is 2.02. The van der Waals surface area contributed by atoms with Gasteiger partial charge >= 0.3 is 5.97 Å². The number of aromatic amines is 1. The molecule has 17 heavy (non-hydrogen) atoms. The van der Waals surface area contributed by atoms with E-state index < -0.39 is 12.0 Å². The number of phenols is 2. The molecule has 90 valence electrons. The smallest absolute Gasteiger partial charge is 0.320 e. The van der Waals surface area contributed by atoms with Crippen LogP contribution in [0.2, 0.25) is 0 Å². The Balaban J connectivity index is 2.42. The largest absolute Gasteiger partial charge is 0.504 e. The number of H-pyrrole nitrogens is 1. The van der Waals surface area contributed by atoms with E-state index in [1.165, 1.54) is 12.1 Å². The van der Waals surface area contributed by atoms with Gasteiger partial charge in [-0.1, -0.05) is 0 Å². The van der Waals surface area contributed by atoms with E-state index in [1.807, 2.05) is 0 Å². The van der Waals surface area contributed by atoms with Gasteiger partial charge in [0.1, 0.15) is 6.04 Å². The number of aromatic nitrogens is 1. The van der Waals surface area contributed by atoms with E-state index in [-0.39, 0.29) is 17.9 Å². The predicted octanol–water partition coefficient (Wildman–Crippen LogP) is 0.534. The maximum Gasteiger partial charge on any atom is 0.320 e. The molecule has 0 fully saturated rings. The molecule has 6 heteroatoms. The summed E-state index contributed by atoms with van der Waals surface area (Å²) >= 11 is 0. The average molecular weight is 236 g/mol. The van der Waals surface area contributed by atoms with Crippen molar-refractivity contribution in [2.45, 2.75) is 12.5 Å². The van der Waals surface area contributed by atoms with Crippen LogP contribution in [0.5, 0.6) is 11.5 Å². The monoisotopic (exact) mass is 236 g/mol. The number of hydrogen-bond acceptors (Lipinski definition) is 4. The number of aliphatic carboxylic acids is 1. The van der Waals surface area contributed by atoms with Gasteiger partial charge in [-0.2, -0.15) is 0 Å².